The van der Waals surface area contributed by atoms with E-state index < -0.39 is 0 Å². The van der Waals surface area contributed by atoms with Gasteiger partial charge in [-0.2, -0.15) is 0 Å². The van der Waals surface area contributed by atoms with Crippen molar-refractivity contribution in [2.75, 3.05) is 19.7 Å². The van der Waals surface area contributed by atoms with Gasteiger partial charge in [-0.15, -0.1) is 0 Å². The molecule has 0 aromatic heterocycles. The van der Waals surface area contributed by atoms with Crippen LogP contribution < -0.4 is 0 Å². The fourth-order valence-corrected chi connectivity index (χ4v) is 3.31. The monoisotopic (exact) mass is 275 g/mol. The number of aliphatic hydroxyl groups is 1. The molecule has 1 heterocycles. The molecule has 1 saturated carbocycles. The van der Waals surface area contributed by atoms with Gasteiger partial charge in [-0.05, 0) is 35.4 Å². The zero-order valence-electron chi connectivity index (χ0n) is 13.4. The van der Waals surface area contributed by atoms with Gasteiger partial charge in [-0.25, -0.2) is 0 Å². The van der Waals surface area contributed by atoms with Crippen LogP contribution >= 0.6 is 0 Å². The molecule has 2 heteroatoms. The SMILES string of the molecule is CC.CC(C)c1ccc2c(c1)CN(CCO)CC21CC1. The van der Waals surface area contributed by atoms with E-state index >= 15 is 0 Å². The Morgan fingerprint density at radius 2 is 1.95 bits per heavy atom. The molecule has 1 aliphatic carbocycles. The molecular formula is C18H29NO. The molecule has 0 bridgehead atoms. The second-order valence-electron chi connectivity index (χ2n) is 6.29. The van der Waals surface area contributed by atoms with E-state index in [4.69, 9.17) is 5.11 Å². The Hall–Kier alpha value is -0.860. The van der Waals surface area contributed by atoms with E-state index in [1.54, 1.807) is 5.56 Å². The maximum absolute atomic E-state index is 9.16. The average molecular weight is 275 g/mol. The summed E-state index contributed by atoms with van der Waals surface area (Å²) in [6.45, 7) is 11.7. The number of hydrogen-bond donors (Lipinski definition) is 1. The molecule has 0 unspecified atom stereocenters. The van der Waals surface area contributed by atoms with Crippen molar-refractivity contribution in [2.24, 2.45) is 0 Å². The number of aliphatic hydroxyl groups excluding tert-OH is 1. The van der Waals surface area contributed by atoms with Crippen molar-refractivity contribution in [1.82, 2.24) is 4.90 Å². The average Bonchev–Trinajstić information content (AvgIpc) is 3.21. The molecule has 112 valence electrons. The van der Waals surface area contributed by atoms with Gasteiger partial charge in [0.15, 0.2) is 0 Å². The fourth-order valence-electron chi connectivity index (χ4n) is 3.31. The Bertz CT molecular complexity index is 449. The summed E-state index contributed by atoms with van der Waals surface area (Å²) in [4.78, 5) is 2.42. The number of fused-ring (bicyclic) bond motifs is 2. The third-order valence-electron chi connectivity index (χ3n) is 4.56. The summed E-state index contributed by atoms with van der Waals surface area (Å²) >= 11 is 0. The van der Waals surface area contributed by atoms with Crippen molar-refractivity contribution in [3.63, 3.8) is 0 Å². The minimum atomic E-state index is 0.273. The highest BCUT2D eigenvalue weighted by atomic mass is 16.3. The van der Waals surface area contributed by atoms with E-state index in [-0.39, 0.29) is 6.61 Å². The quantitative estimate of drug-likeness (QED) is 0.909. The van der Waals surface area contributed by atoms with Crippen LogP contribution in [0.15, 0.2) is 18.2 Å². The fraction of sp³-hybridized carbons (Fsp3) is 0.667. The number of hydrogen-bond acceptors (Lipinski definition) is 2. The highest BCUT2D eigenvalue weighted by molar-refractivity contribution is 5.44. The zero-order chi connectivity index (χ0) is 14.8. The number of β-amino-alcohol motifs (C(OH)–C–C–N with tert-alkyl or cyclic N) is 1. The molecule has 2 nitrogen and oxygen atoms in total. The Morgan fingerprint density at radius 1 is 1.25 bits per heavy atom. The molecule has 0 atom stereocenters. The van der Waals surface area contributed by atoms with Gasteiger partial charge in [-0.3, -0.25) is 4.90 Å². The van der Waals surface area contributed by atoms with Crippen molar-refractivity contribution in [2.45, 2.75) is 58.4 Å². The van der Waals surface area contributed by atoms with E-state index in [9.17, 15) is 0 Å². The van der Waals surface area contributed by atoms with E-state index in [2.05, 4.69) is 36.9 Å². The van der Waals surface area contributed by atoms with E-state index in [1.165, 1.54) is 24.0 Å². The first-order valence-electron chi connectivity index (χ1n) is 8.11. The van der Waals surface area contributed by atoms with Gasteiger partial charge in [-0.1, -0.05) is 45.9 Å². The highest BCUT2D eigenvalue weighted by Crippen LogP contribution is 2.52. The van der Waals surface area contributed by atoms with Gasteiger partial charge >= 0.3 is 0 Å². The molecule has 2 aliphatic rings. The summed E-state index contributed by atoms with van der Waals surface area (Å²) in [5, 5.41) is 9.16. The lowest BCUT2D eigenvalue weighted by Crippen LogP contribution is -2.39. The molecular weight excluding hydrogens is 246 g/mol. The number of nitrogens with zero attached hydrogens (tertiary/aromatic N) is 1. The minimum Gasteiger partial charge on any atom is -0.395 e. The van der Waals surface area contributed by atoms with Gasteiger partial charge < -0.3 is 5.11 Å². The predicted octanol–water partition coefficient (Wildman–Crippen LogP) is 3.68. The number of benzene rings is 1. The first-order valence-corrected chi connectivity index (χ1v) is 8.11. The third kappa shape index (κ3) is 2.91. The Morgan fingerprint density at radius 3 is 2.50 bits per heavy atom. The summed E-state index contributed by atoms with van der Waals surface area (Å²) in [7, 11) is 0. The van der Waals surface area contributed by atoms with Gasteiger partial charge in [0.2, 0.25) is 0 Å². The summed E-state index contributed by atoms with van der Waals surface area (Å²) in [6.07, 6.45) is 2.64. The van der Waals surface area contributed by atoms with Crippen LogP contribution in [0.25, 0.3) is 0 Å². The Labute approximate surface area is 123 Å². The lowest BCUT2D eigenvalue weighted by atomic mass is 9.84. The summed E-state index contributed by atoms with van der Waals surface area (Å²) < 4.78 is 0. The van der Waals surface area contributed by atoms with Gasteiger partial charge in [0.1, 0.15) is 0 Å². The zero-order valence-corrected chi connectivity index (χ0v) is 13.4. The molecule has 0 saturated heterocycles. The predicted molar refractivity (Wildman–Crippen MR) is 85.2 cm³/mol. The summed E-state index contributed by atoms with van der Waals surface area (Å²) in [6, 6.07) is 7.07. The Kier molecular flexibility index (Phi) is 4.87. The van der Waals surface area contributed by atoms with Crippen LogP contribution in [0.2, 0.25) is 0 Å². The van der Waals surface area contributed by atoms with E-state index in [0.717, 1.165) is 19.6 Å². The van der Waals surface area contributed by atoms with Gasteiger partial charge in [0.05, 0.1) is 6.61 Å². The molecule has 1 aromatic rings. The maximum Gasteiger partial charge on any atom is 0.0558 e. The summed E-state index contributed by atoms with van der Waals surface area (Å²) in [5.41, 5.74) is 4.95. The molecule has 1 N–H and O–H groups in total. The van der Waals surface area contributed by atoms with Crippen LogP contribution in [-0.4, -0.2) is 29.7 Å². The molecule has 3 rings (SSSR count). The second-order valence-corrected chi connectivity index (χ2v) is 6.29. The largest absolute Gasteiger partial charge is 0.395 e. The van der Waals surface area contributed by atoms with Gasteiger partial charge in [0, 0.05) is 25.0 Å². The molecule has 1 aliphatic heterocycles. The molecule has 0 radical (unpaired) electrons. The van der Waals surface area contributed by atoms with Crippen LogP contribution in [0.3, 0.4) is 0 Å². The van der Waals surface area contributed by atoms with E-state index in [0.29, 0.717) is 11.3 Å². The van der Waals surface area contributed by atoms with Crippen LogP contribution in [0, 0.1) is 0 Å². The van der Waals surface area contributed by atoms with Crippen molar-refractivity contribution in [1.29, 1.82) is 0 Å². The smallest absolute Gasteiger partial charge is 0.0558 e. The van der Waals surface area contributed by atoms with Crippen LogP contribution in [0.4, 0.5) is 0 Å². The number of rotatable bonds is 3. The Balaban J connectivity index is 0.000000704. The lowest BCUT2D eigenvalue weighted by molar-refractivity contribution is 0.167. The van der Waals surface area contributed by atoms with Crippen LogP contribution in [0.1, 0.15) is 63.1 Å². The highest BCUT2D eigenvalue weighted by Gasteiger charge is 2.48. The van der Waals surface area contributed by atoms with Crippen molar-refractivity contribution in [3.8, 4) is 0 Å². The summed E-state index contributed by atoms with van der Waals surface area (Å²) in [5.74, 6) is 0.596. The van der Waals surface area contributed by atoms with Crippen molar-refractivity contribution < 1.29 is 5.11 Å². The molecule has 1 fully saturated rings. The van der Waals surface area contributed by atoms with Crippen molar-refractivity contribution >= 4 is 0 Å². The van der Waals surface area contributed by atoms with Crippen LogP contribution in [-0.2, 0) is 12.0 Å². The topological polar surface area (TPSA) is 23.5 Å². The second kappa shape index (κ2) is 6.28. The molecule has 20 heavy (non-hydrogen) atoms. The molecule has 0 amide bonds. The molecule has 1 spiro atoms. The van der Waals surface area contributed by atoms with Crippen LogP contribution in [0.5, 0.6) is 0 Å². The van der Waals surface area contributed by atoms with Gasteiger partial charge in [0.25, 0.3) is 0 Å². The third-order valence-corrected chi connectivity index (χ3v) is 4.56. The first kappa shape index (κ1) is 15.5. The maximum atomic E-state index is 9.16. The normalized spacial score (nSPS) is 19.5. The molecule has 1 aromatic carbocycles. The first-order chi connectivity index (χ1) is 9.64. The standard InChI is InChI=1S/C16H23NO.C2H6/c1-12(2)13-3-4-15-14(9-13)10-17(7-8-18)11-16(15)5-6-16;1-2/h3-4,9,12,18H,5-8,10-11H2,1-2H3;1-2H3. The minimum absolute atomic E-state index is 0.273. The van der Waals surface area contributed by atoms with Crippen molar-refractivity contribution in [3.05, 3.63) is 34.9 Å². The lowest BCUT2D eigenvalue weighted by Gasteiger charge is -2.35. The van der Waals surface area contributed by atoms with E-state index in [1.807, 2.05) is 13.8 Å².